The van der Waals surface area contributed by atoms with Crippen LogP contribution in [0.25, 0.3) is 0 Å². The molecule has 2 heteroatoms. The van der Waals surface area contributed by atoms with Crippen molar-refractivity contribution in [1.29, 1.82) is 0 Å². The van der Waals surface area contributed by atoms with E-state index in [1.54, 1.807) is 0 Å². The van der Waals surface area contributed by atoms with E-state index < -0.39 is 0 Å². The van der Waals surface area contributed by atoms with Crippen molar-refractivity contribution in [3.05, 3.63) is 17.5 Å². The molecule has 0 saturated carbocycles. The van der Waals surface area contributed by atoms with Gasteiger partial charge in [0.2, 0.25) is 0 Å². The second kappa shape index (κ2) is 4.38. The van der Waals surface area contributed by atoms with Gasteiger partial charge in [0, 0.05) is 12.2 Å². The molecule has 0 aliphatic carbocycles. The summed E-state index contributed by atoms with van der Waals surface area (Å²) in [6.45, 7) is 14.5. The molecule has 2 nitrogen and oxygen atoms in total. The Bertz CT molecular complexity index is 316. The Morgan fingerprint density at radius 3 is 2.40 bits per heavy atom. The highest BCUT2D eigenvalue weighted by Gasteiger charge is 2.14. The predicted molar refractivity (Wildman–Crippen MR) is 65.1 cm³/mol. The lowest BCUT2D eigenvalue weighted by atomic mass is 9.92. The Balaban J connectivity index is 2.78. The second-order valence-corrected chi connectivity index (χ2v) is 5.90. The smallest absolute Gasteiger partial charge is 0.0521 e. The largest absolute Gasteiger partial charge is 0.269 e. The molecule has 0 radical (unpaired) electrons. The Morgan fingerprint density at radius 2 is 1.93 bits per heavy atom. The molecule has 0 spiro atoms. The van der Waals surface area contributed by atoms with E-state index in [-0.39, 0.29) is 0 Å². The van der Waals surface area contributed by atoms with Gasteiger partial charge in [-0.05, 0) is 30.2 Å². The molecule has 1 heterocycles. The summed E-state index contributed by atoms with van der Waals surface area (Å²) in [5, 5.41) is 4.46. The van der Waals surface area contributed by atoms with Gasteiger partial charge in [0.25, 0.3) is 0 Å². The maximum absolute atomic E-state index is 4.46. The zero-order valence-corrected chi connectivity index (χ0v) is 11.0. The topological polar surface area (TPSA) is 17.8 Å². The van der Waals surface area contributed by atoms with Gasteiger partial charge in [0.05, 0.1) is 6.20 Å². The maximum atomic E-state index is 4.46. The highest BCUT2D eigenvalue weighted by Crippen LogP contribution is 2.23. The number of nitrogens with zero attached hydrogens (tertiary/aromatic N) is 2. The highest BCUT2D eigenvalue weighted by atomic mass is 15.3. The van der Waals surface area contributed by atoms with Crippen molar-refractivity contribution in [2.75, 3.05) is 0 Å². The lowest BCUT2D eigenvalue weighted by molar-refractivity contribution is 0.336. The van der Waals surface area contributed by atoms with Crippen LogP contribution in [0.15, 0.2) is 6.20 Å². The van der Waals surface area contributed by atoms with E-state index in [2.05, 4.69) is 51.3 Å². The first kappa shape index (κ1) is 12.3. The molecular formula is C13H24N2. The number of hydrogen-bond acceptors (Lipinski definition) is 1. The van der Waals surface area contributed by atoms with E-state index >= 15 is 0 Å². The molecule has 0 aliphatic heterocycles. The summed E-state index contributed by atoms with van der Waals surface area (Å²) in [5.74, 6) is 0.562. The fourth-order valence-corrected chi connectivity index (χ4v) is 1.86. The SMILES string of the molecule is Cc1cnn(CCC(C)(C)C)c1C(C)C. The molecule has 0 saturated heterocycles. The van der Waals surface area contributed by atoms with Crippen LogP contribution in [-0.2, 0) is 6.54 Å². The summed E-state index contributed by atoms with van der Waals surface area (Å²) >= 11 is 0. The minimum atomic E-state index is 0.383. The molecule has 0 atom stereocenters. The van der Waals surface area contributed by atoms with Gasteiger partial charge in [-0.25, -0.2) is 0 Å². The standard InChI is InChI=1S/C13H24N2/c1-10(2)12-11(3)9-14-15(12)8-7-13(4,5)6/h9-10H,7-8H2,1-6H3. The van der Waals surface area contributed by atoms with Crippen molar-refractivity contribution in [3.63, 3.8) is 0 Å². The molecule has 1 rings (SSSR count). The van der Waals surface area contributed by atoms with Gasteiger partial charge in [-0.3, -0.25) is 4.68 Å². The third-order valence-electron chi connectivity index (χ3n) is 2.69. The van der Waals surface area contributed by atoms with Gasteiger partial charge in [-0.2, -0.15) is 5.10 Å². The molecular weight excluding hydrogens is 184 g/mol. The van der Waals surface area contributed by atoms with Crippen LogP contribution >= 0.6 is 0 Å². The van der Waals surface area contributed by atoms with Gasteiger partial charge in [0.15, 0.2) is 0 Å². The quantitative estimate of drug-likeness (QED) is 0.739. The van der Waals surface area contributed by atoms with Crippen LogP contribution in [0.2, 0.25) is 0 Å². The van der Waals surface area contributed by atoms with Crippen LogP contribution in [0.5, 0.6) is 0 Å². The van der Waals surface area contributed by atoms with Crippen molar-refractivity contribution < 1.29 is 0 Å². The zero-order chi connectivity index (χ0) is 11.6. The molecule has 0 N–H and O–H groups in total. The molecule has 0 amide bonds. The van der Waals surface area contributed by atoms with Crippen LogP contribution in [-0.4, -0.2) is 9.78 Å². The fraction of sp³-hybridized carbons (Fsp3) is 0.769. The van der Waals surface area contributed by atoms with E-state index in [1.807, 2.05) is 6.20 Å². The summed E-state index contributed by atoms with van der Waals surface area (Å²) in [5.41, 5.74) is 3.09. The molecule has 0 aliphatic rings. The van der Waals surface area contributed by atoms with Gasteiger partial charge in [-0.1, -0.05) is 34.6 Å². The summed E-state index contributed by atoms with van der Waals surface area (Å²) in [4.78, 5) is 0. The van der Waals surface area contributed by atoms with Crippen molar-refractivity contribution in [1.82, 2.24) is 9.78 Å². The lowest BCUT2D eigenvalue weighted by Gasteiger charge is -2.19. The van der Waals surface area contributed by atoms with Gasteiger partial charge < -0.3 is 0 Å². The highest BCUT2D eigenvalue weighted by molar-refractivity contribution is 5.18. The normalized spacial score (nSPS) is 12.5. The lowest BCUT2D eigenvalue weighted by Crippen LogP contribution is -2.14. The minimum absolute atomic E-state index is 0.383. The minimum Gasteiger partial charge on any atom is -0.269 e. The number of rotatable bonds is 3. The Labute approximate surface area is 93.7 Å². The van der Waals surface area contributed by atoms with Crippen molar-refractivity contribution >= 4 is 0 Å². The first-order chi connectivity index (χ1) is 6.81. The van der Waals surface area contributed by atoms with E-state index in [0.29, 0.717) is 11.3 Å². The second-order valence-electron chi connectivity index (χ2n) is 5.90. The molecule has 0 unspecified atom stereocenters. The third-order valence-corrected chi connectivity index (χ3v) is 2.69. The summed E-state index contributed by atoms with van der Waals surface area (Å²) in [6, 6.07) is 0. The number of hydrogen-bond donors (Lipinski definition) is 0. The van der Waals surface area contributed by atoms with Gasteiger partial charge in [0.1, 0.15) is 0 Å². The summed E-state index contributed by atoms with van der Waals surface area (Å²) < 4.78 is 2.17. The monoisotopic (exact) mass is 208 g/mol. The zero-order valence-electron chi connectivity index (χ0n) is 11.0. The molecule has 15 heavy (non-hydrogen) atoms. The van der Waals surface area contributed by atoms with Gasteiger partial charge in [-0.15, -0.1) is 0 Å². The van der Waals surface area contributed by atoms with E-state index in [4.69, 9.17) is 0 Å². The van der Waals surface area contributed by atoms with E-state index in [1.165, 1.54) is 17.7 Å². The molecule has 0 fully saturated rings. The Kier molecular flexibility index (Phi) is 3.58. The predicted octanol–water partition coefficient (Wildman–Crippen LogP) is 3.75. The average Bonchev–Trinajstić information content (AvgIpc) is 2.42. The fourth-order valence-electron chi connectivity index (χ4n) is 1.86. The number of aryl methyl sites for hydroxylation is 2. The maximum Gasteiger partial charge on any atom is 0.0521 e. The average molecular weight is 208 g/mol. The molecule has 1 aromatic rings. The van der Waals surface area contributed by atoms with E-state index in [0.717, 1.165) is 6.54 Å². The first-order valence-corrected chi connectivity index (χ1v) is 5.83. The van der Waals surface area contributed by atoms with Crippen molar-refractivity contribution in [2.45, 2.75) is 60.4 Å². The van der Waals surface area contributed by atoms with Crippen LogP contribution in [0.4, 0.5) is 0 Å². The van der Waals surface area contributed by atoms with E-state index in [9.17, 15) is 0 Å². The van der Waals surface area contributed by atoms with Crippen LogP contribution in [0.3, 0.4) is 0 Å². The molecule has 0 aromatic carbocycles. The van der Waals surface area contributed by atoms with Crippen LogP contribution < -0.4 is 0 Å². The summed E-state index contributed by atoms with van der Waals surface area (Å²) in [6.07, 6.45) is 3.16. The molecule has 1 aromatic heterocycles. The van der Waals surface area contributed by atoms with Crippen molar-refractivity contribution in [2.24, 2.45) is 5.41 Å². The Hall–Kier alpha value is -0.790. The van der Waals surface area contributed by atoms with Crippen LogP contribution in [0, 0.1) is 12.3 Å². The molecule has 86 valence electrons. The summed E-state index contributed by atoms with van der Waals surface area (Å²) in [7, 11) is 0. The van der Waals surface area contributed by atoms with Crippen molar-refractivity contribution in [3.8, 4) is 0 Å². The van der Waals surface area contributed by atoms with Crippen LogP contribution in [0.1, 0.15) is 58.2 Å². The number of aromatic nitrogens is 2. The Morgan fingerprint density at radius 1 is 1.33 bits per heavy atom. The molecule has 0 bridgehead atoms. The third kappa shape index (κ3) is 3.37. The first-order valence-electron chi connectivity index (χ1n) is 5.83. The van der Waals surface area contributed by atoms with Gasteiger partial charge >= 0.3 is 0 Å².